The highest BCUT2D eigenvalue weighted by atomic mass is 79.9. The molecule has 0 bridgehead atoms. The van der Waals surface area contributed by atoms with Gasteiger partial charge in [0.15, 0.2) is 5.75 Å². The number of benzene rings is 2. The number of nitrogens with zero attached hydrogens (tertiary/aromatic N) is 1. The quantitative estimate of drug-likeness (QED) is 0.319. The summed E-state index contributed by atoms with van der Waals surface area (Å²) in [5.41, 5.74) is 8.04. The molecule has 0 radical (unpaired) electrons. The first kappa shape index (κ1) is 24.2. The van der Waals surface area contributed by atoms with Gasteiger partial charge in [0.05, 0.1) is 47.0 Å². The van der Waals surface area contributed by atoms with E-state index in [1.807, 2.05) is 12.1 Å². The molecule has 0 aliphatic heterocycles. The van der Waals surface area contributed by atoms with E-state index in [-0.39, 0.29) is 11.4 Å². The maximum Gasteiger partial charge on any atom is 0.312 e. The minimum Gasteiger partial charge on any atom is -0.493 e. The lowest BCUT2D eigenvalue weighted by Gasteiger charge is -2.09. The Balaban J connectivity index is 0.000000283. The average molecular weight is 522 g/mol. The zero-order valence-electron chi connectivity index (χ0n) is 16.0. The zero-order chi connectivity index (χ0) is 21.3. The number of nitro benzene ring substituents is 1. The van der Waals surface area contributed by atoms with Crippen molar-refractivity contribution in [1.29, 1.82) is 0 Å². The third-order valence-electron chi connectivity index (χ3n) is 3.44. The van der Waals surface area contributed by atoms with Gasteiger partial charge in [-0.2, -0.15) is 0 Å². The van der Waals surface area contributed by atoms with Gasteiger partial charge in [0, 0.05) is 20.3 Å². The highest BCUT2D eigenvalue weighted by Gasteiger charge is 2.19. The molecule has 0 heterocycles. The molecule has 2 aromatic carbocycles. The molecule has 0 saturated heterocycles. The van der Waals surface area contributed by atoms with Crippen molar-refractivity contribution in [2.24, 2.45) is 0 Å². The highest BCUT2D eigenvalue weighted by molar-refractivity contribution is 9.11. The fourth-order valence-corrected chi connectivity index (χ4v) is 3.70. The lowest BCUT2D eigenvalue weighted by atomic mass is 10.2. The van der Waals surface area contributed by atoms with Gasteiger partial charge < -0.3 is 24.7 Å². The zero-order valence-corrected chi connectivity index (χ0v) is 19.1. The number of methoxy groups -OCH3 is 4. The van der Waals surface area contributed by atoms with E-state index in [0.717, 1.165) is 15.6 Å². The van der Waals surface area contributed by atoms with Crippen molar-refractivity contribution in [2.75, 3.05) is 34.2 Å². The lowest BCUT2D eigenvalue weighted by Crippen LogP contribution is -1.97. The second kappa shape index (κ2) is 11.8. The molecular weight excluding hydrogens is 500 g/mol. The maximum atomic E-state index is 10.8. The van der Waals surface area contributed by atoms with Crippen LogP contribution in [0.1, 0.15) is 11.1 Å². The SMILES string of the molecule is COCc1cc(Br)c(OC)c([N+](=O)[O-])c1.COCc1cc(N)c(OC)c(Br)c1. The Morgan fingerprint density at radius 1 is 0.893 bits per heavy atom. The smallest absolute Gasteiger partial charge is 0.312 e. The second-order valence-electron chi connectivity index (χ2n) is 5.45. The average Bonchev–Trinajstić information content (AvgIpc) is 2.62. The van der Waals surface area contributed by atoms with Gasteiger partial charge in [-0.3, -0.25) is 10.1 Å². The summed E-state index contributed by atoms with van der Waals surface area (Å²) in [4.78, 5) is 10.3. The Hall–Kier alpha value is -1.88. The Labute approximate surface area is 180 Å². The van der Waals surface area contributed by atoms with E-state index in [1.165, 1.54) is 20.3 Å². The van der Waals surface area contributed by atoms with E-state index in [2.05, 4.69) is 31.9 Å². The van der Waals surface area contributed by atoms with E-state index in [4.69, 9.17) is 24.7 Å². The molecule has 0 atom stereocenters. The summed E-state index contributed by atoms with van der Waals surface area (Å²) in [7, 11) is 6.16. The molecule has 154 valence electrons. The fourth-order valence-electron chi connectivity index (χ4n) is 2.36. The van der Waals surface area contributed by atoms with Crippen LogP contribution in [0.2, 0.25) is 0 Å². The molecule has 0 aromatic heterocycles. The molecule has 2 rings (SSSR count). The van der Waals surface area contributed by atoms with E-state index in [1.54, 1.807) is 20.3 Å². The predicted octanol–water partition coefficient (Wildman–Crippen LogP) is 4.70. The minimum atomic E-state index is -0.483. The molecular formula is C18H22Br2N2O6. The van der Waals surface area contributed by atoms with Gasteiger partial charge in [0.1, 0.15) is 0 Å². The lowest BCUT2D eigenvalue weighted by molar-refractivity contribution is -0.385. The van der Waals surface area contributed by atoms with Gasteiger partial charge in [0.25, 0.3) is 0 Å². The van der Waals surface area contributed by atoms with Crippen molar-refractivity contribution in [3.8, 4) is 11.5 Å². The van der Waals surface area contributed by atoms with Crippen LogP contribution in [-0.2, 0) is 22.7 Å². The minimum absolute atomic E-state index is 0.0704. The molecule has 0 spiro atoms. The number of nitrogen functional groups attached to an aromatic ring is 1. The molecule has 8 nitrogen and oxygen atoms in total. The Morgan fingerprint density at radius 3 is 1.75 bits per heavy atom. The van der Waals surface area contributed by atoms with Crippen LogP contribution in [0.4, 0.5) is 11.4 Å². The van der Waals surface area contributed by atoms with Gasteiger partial charge in [0.2, 0.25) is 5.75 Å². The topological polar surface area (TPSA) is 106 Å². The van der Waals surface area contributed by atoms with Gasteiger partial charge in [-0.05, 0) is 61.2 Å². The van der Waals surface area contributed by atoms with Crippen molar-refractivity contribution < 1.29 is 23.9 Å². The number of hydrogen-bond acceptors (Lipinski definition) is 7. The molecule has 0 aliphatic rings. The van der Waals surface area contributed by atoms with Crippen LogP contribution in [0.15, 0.2) is 33.2 Å². The number of hydrogen-bond donors (Lipinski definition) is 1. The number of halogens is 2. The maximum absolute atomic E-state index is 10.8. The third kappa shape index (κ3) is 6.62. The summed E-state index contributed by atoms with van der Waals surface area (Å²) in [6, 6.07) is 6.94. The van der Waals surface area contributed by atoms with Crippen LogP contribution in [0.25, 0.3) is 0 Å². The Kier molecular flexibility index (Phi) is 10.2. The summed E-state index contributed by atoms with van der Waals surface area (Å²) < 4.78 is 21.3. The standard InChI is InChI=1S/C9H10BrNO4.C9H12BrNO2/c1-14-5-6-3-7(10)9(15-2)8(4-6)11(12)13;1-12-5-6-3-7(10)9(13-2)8(11)4-6/h3-4H,5H2,1-2H3;3-4H,5,11H2,1-2H3. The monoisotopic (exact) mass is 520 g/mol. The van der Waals surface area contributed by atoms with Crippen molar-refractivity contribution >= 4 is 43.2 Å². The van der Waals surface area contributed by atoms with Crippen molar-refractivity contribution in [3.63, 3.8) is 0 Å². The van der Waals surface area contributed by atoms with Gasteiger partial charge in [-0.1, -0.05) is 0 Å². The van der Waals surface area contributed by atoms with Crippen LogP contribution >= 0.6 is 31.9 Å². The number of anilines is 1. The molecule has 2 N–H and O–H groups in total. The Morgan fingerprint density at radius 2 is 1.36 bits per heavy atom. The van der Waals surface area contributed by atoms with E-state index in [0.29, 0.717) is 29.1 Å². The normalized spacial score (nSPS) is 10.1. The van der Waals surface area contributed by atoms with Crippen LogP contribution in [0.5, 0.6) is 11.5 Å². The molecule has 10 heteroatoms. The van der Waals surface area contributed by atoms with Gasteiger partial charge >= 0.3 is 5.69 Å². The molecule has 28 heavy (non-hydrogen) atoms. The molecule has 0 aliphatic carbocycles. The summed E-state index contributed by atoms with van der Waals surface area (Å²) in [6.45, 7) is 0.871. The third-order valence-corrected chi connectivity index (χ3v) is 4.62. The summed E-state index contributed by atoms with van der Waals surface area (Å²) in [5.74, 6) is 0.889. The summed E-state index contributed by atoms with van der Waals surface area (Å²) in [5, 5.41) is 10.8. The van der Waals surface area contributed by atoms with Crippen LogP contribution < -0.4 is 15.2 Å². The largest absolute Gasteiger partial charge is 0.493 e. The molecule has 0 amide bonds. The number of nitrogens with two attached hydrogens (primary N) is 1. The van der Waals surface area contributed by atoms with Crippen LogP contribution in [0, 0.1) is 10.1 Å². The Bertz CT molecular complexity index is 794. The highest BCUT2D eigenvalue weighted by Crippen LogP contribution is 2.36. The number of nitro groups is 1. The van der Waals surface area contributed by atoms with Crippen molar-refractivity contribution in [3.05, 3.63) is 54.5 Å². The summed E-state index contributed by atoms with van der Waals surface area (Å²) in [6.07, 6.45) is 0. The molecule has 2 aromatic rings. The fraction of sp³-hybridized carbons (Fsp3) is 0.333. The predicted molar refractivity (Wildman–Crippen MR) is 114 cm³/mol. The molecule has 0 unspecified atom stereocenters. The van der Waals surface area contributed by atoms with E-state index < -0.39 is 4.92 Å². The van der Waals surface area contributed by atoms with Crippen LogP contribution in [0.3, 0.4) is 0 Å². The van der Waals surface area contributed by atoms with Crippen LogP contribution in [-0.4, -0.2) is 33.4 Å². The van der Waals surface area contributed by atoms with Crippen molar-refractivity contribution in [2.45, 2.75) is 13.2 Å². The first-order chi connectivity index (χ1) is 13.3. The first-order valence-electron chi connectivity index (χ1n) is 7.89. The number of rotatable bonds is 7. The van der Waals surface area contributed by atoms with Gasteiger partial charge in [-0.25, -0.2) is 0 Å². The van der Waals surface area contributed by atoms with E-state index >= 15 is 0 Å². The number of ether oxygens (including phenoxy) is 4. The molecule has 0 fully saturated rings. The first-order valence-corrected chi connectivity index (χ1v) is 9.48. The summed E-state index contributed by atoms with van der Waals surface area (Å²) >= 11 is 6.58. The molecule has 0 saturated carbocycles. The van der Waals surface area contributed by atoms with Crippen molar-refractivity contribution in [1.82, 2.24) is 0 Å². The van der Waals surface area contributed by atoms with E-state index in [9.17, 15) is 10.1 Å². The second-order valence-corrected chi connectivity index (χ2v) is 7.16. The van der Waals surface area contributed by atoms with Gasteiger partial charge in [-0.15, -0.1) is 0 Å².